The second-order valence-electron chi connectivity index (χ2n) is 3.21. The van der Waals surface area contributed by atoms with Gasteiger partial charge in [0.25, 0.3) is 0 Å². The second kappa shape index (κ2) is 4.51. The van der Waals surface area contributed by atoms with Crippen molar-refractivity contribution in [3.8, 4) is 11.4 Å². The molecule has 8 heteroatoms. The third-order valence-electron chi connectivity index (χ3n) is 2.05. The lowest BCUT2D eigenvalue weighted by atomic mass is 10.3. The van der Waals surface area contributed by atoms with Crippen LogP contribution in [0.4, 0.5) is 0 Å². The Balaban J connectivity index is 2.05. The summed E-state index contributed by atoms with van der Waals surface area (Å²) in [5.74, 6) is -0.239. The molecular formula is C8H10N6O2. The number of H-pyrrole nitrogens is 1. The largest absolute Gasteiger partial charge is 0.481 e. The number of aryl methyl sites for hydroxylation is 1. The molecule has 0 atom stereocenters. The van der Waals surface area contributed by atoms with Gasteiger partial charge in [-0.1, -0.05) is 0 Å². The first kappa shape index (κ1) is 10.3. The molecule has 0 bridgehead atoms. The molecule has 0 aliphatic carbocycles. The molecule has 2 N–H and O–H groups in total. The Kier molecular flexibility index (Phi) is 2.90. The van der Waals surface area contributed by atoms with E-state index in [9.17, 15) is 4.79 Å². The summed E-state index contributed by atoms with van der Waals surface area (Å²) in [6.45, 7) is 0.472. The van der Waals surface area contributed by atoms with Gasteiger partial charge in [-0.25, -0.2) is 4.68 Å². The topological polar surface area (TPSA) is 110 Å². The van der Waals surface area contributed by atoms with Crippen LogP contribution in [0.1, 0.15) is 12.8 Å². The van der Waals surface area contributed by atoms with Crippen LogP contribution in [0.2, 0.25) is 0 Å². The van der Waals surface area contributed by atoms with Crippen molar-refractivity contribution in [3.63, 3.8) is 0 Å². The normalized spacial score (nSPS) is 10.5. The van der Waals surface area contributed by atoms with E-state index in [0.717, 1.165) is 5.56 Å². The van der Waals surface area contributed by atoms with Crippen LogP contribution in [0.15, 0.2) is 12.4 Å². The minimum absolute atomic E-state index is 0.102. The van der Waals surface area contributed by atoms with Crippen LogP contribution < -0.4 is 0 Å². The van der Waals surface area contributed by atoms with Crippen LogP contribution in [0.5, 0.6) is 0 Å². The molecule has 16 heavy (non-hydrogen) atoms. The van der Waals surface area contributed by atoms with E-state index < -0.39 is 5.97 Å². The maximum atomic E-state index is 10.4. The summed E-state index contributed by atoms with van der Waals surface area (Å²) in [4.78, 5) is 10.4. The van der Waals surface area contributed by atoms with Crippen molar-refractivity contribution in [2.45, 2.75) is 19.4 Å². The molecule has 8 nitrogen and oxygen atoms in total. The SMILES string of the molecule is O=C(O)CCCn1nnnc1-c1cn[nH]c1. The molecule has 2 rings (SSSR count). The van der Waals surface area contributed by atoms with Crippen LogP contribution in [0.3, 0.4) is 0 Å². The highest BCUT2D eigenvalue weighted by atomic mass is 16.4. The average molecular weight is 222 g/mol. The summed E-state index contributed by atoms with van der Waals surface area (Å²) in [6, 6.07) is 0. The molecule has 0 fully saturated rings. The Morgan fingerprint density at radius 1 is 1.56 bits per heavy atom. The van der Waals surface area contributed by atoms with E-state index in [4.69, 9.17) is 5.11 Å². The number of aromatic nitrogens is 6. The molecule has 2 aromatic heterocycles. The Labute approximate surface area is 90.3 Å². The monoisotopic (exact) mass is 222 g/mol. The Morgan fingerprint density at radius 2 is 2.44 bits per heavy atom. The third kappa shape index (κ3) is 2.22. The van der Waals surface area contributed by atoms with Crippen LogP contribution in [0, 0.1) is 0 Å². The second-order valence-corrected chi connectivity index (χ2v) is 3.21. The minimum atomic E-state index is -0.821. The highest BCUT2D eigenvalue weighted by molar-refractivity contribution is 5.66. The van der Waals surface area contributed by atoms with E-state index in [0.29, 0.717) is 18.8 Å². The van der Waals surface area contributed by atoms with Crippen LogP contribution in [-0.4, -0.2) is 41.5 Å². The highest BCUT2D eigenvalue weighted by Gasteiger charge is 2.09. The molecule has 84 valence electrons. The number of nitrogens with zero attached hydrogens (tertiary/aromatic N) is 5. The highest BCUT2D eigenvalue weighted by Crippen LogP contribution is 2.13. The fourth-order valence-electron chi connectivity index (χ4n) is 1.32. The number of nitrogens with one attached hydrogen (secondary N) is 1. The Morgan fingerprint density at radius 3 is 3.12 bits per heavy atom. The van der Waals surface area contributed by atoms with E-state index in [1.807, 2.05) is 0 Å². The van der Waals surface area contributed by atoms with E-state index in [1.165, 1.54) is 0 Å². The van der Waals surface area contributed by atoms with Crippen molar-refractivity contribution >= 4 is 5.97 Å². The maximum absolute atomic E-state index is 10.4. The molecule has 0 amide bonds. The first-order valence-corrected chi connectivity index (χ1v) is 4.74. The van der Waals surface area contributed by atoms with Crippen LogP contribution >= 0.6 is 0 Å². The zero-order valence-corrected chi connectivity index (χ0v) is 8.37. The summed E-state index contributed by atoms with van der Waals surface area (Å²) >= 11 is 0. The van der Waals surface area contributed by atoms with E-state index >= 15 is 0 Å². The molecule has 0 radical (unpaired) electrons. The number of rotatable bonds is 5. The van der Waals surface area contributed by atoms with Gasteiger partial charge < -0.3 is 5.11 Å². The fourth-order valence-corrected chi connectivity index (χ4v) is 1.32. The van der Waals surface area contributed by atoms with Gasteiger partial charge in [-0.15, -0.1) is 5.10 Å². The smallest absolute Gasteiger partial charge is 0.303 e. The fraction of sp³-hybridized carbons (Fsp3) is 0.375. The summed E-state index contributed by atoms with van der Waals surface area (Å²) in [6.07, 6.45) is 3.88. The number of carbonyl (C=O) groups is 1. The van der Waals surface area contributed by atoms with Crippen molar-refractivity contribution in [1.82, 2.24) is 30.4 Å². The zero-order chi connectivity index (χ0) is 11.4. The molecule has 0 spiro atoms. The predicted molar refractivity (Wildman–Crippen MR) is 52.3 cm³/mol. The van der Waals surface area contributed by atoms with Gasteiger partial charge in [-0.3, -0.25) is 9.89 Å². The predicted octanol–water partition coefficient (Wildman–Crippen LogP) is -0.0720. The molecule has 0 aromatic carbocycles. The lowest BCUT2D eigenvalue weighted by Crippen LogP contribution is -2.05. The summed E-state index contributed by atoms with van der Waals surface area (Å²) in [7, 11) is 0. The number of tetrazole rings is 1. The quantitative estimate of drug-likeness (QED) is 0.732. The van der Waals surface area contributed by atoms with Crippen molar-refractivity contribution in [2.75, 3.05) is 0 Å². The van der Waals surface area contributed by atoms with Crippen molar-refractivity contribution in [3.05, 3.63) is 12.4 Å². The van der Waals surface area contributed by atoms with Crippen molar-refractivity contribution in [1.29, 1.82) is 0 Å². The molecule has 0 saturated heterocycles. The van der Waals surface area contributed by atoms with Gasteiger partial charge in [0.15, 0.2) is 5.82 Å². The molecule has 0 aliphatic rings. The molecule has 0 aliphatic heterocycles. The van der Waals surface area contributed by atoms with Gasteiger partial charge >= 0.3 is 5.97 Å². The Bertz CT molecular complexity index is 463. The molecular weight excluding hydrogens is 212 g/mol. The molecule has 2 heterocycles. The lowest BCUT2D eigenvalue weighted by molar-refractivity contribution is -0.137. The van der Waals surface area contributed by atoms with Gasteiger partial charge in [0.1, 0.15) is 0 Å². The standard InChI is InChI=1S/C8H10N6O2/c15-7(16)2-1-3-14-8(11-12-13-14)6-4-9-10-5-6/h4-5H,1-3H2,(H,9,10)(H,15,16). The van der Waals surface area contributed by atoms with E-state index in [2.05, 4.69) is 25.7 Å². The van der Waals surface area contributed by atoms with Gasteiger partial charge in [0.05, 0.1) is 11.8 Å². The first-order valence-electron chi connectivity index (χ1n) is 4.74. The number of carboxylic acids is 1. The molecule has 2 aromatic rings. The minimum Gasteiger partial charge on any atom is -0.481 e. The summed E-state index contributed by atoms with van der Waals surface area (Å²) < 4.78 is 1.56. The number of aliphatic carboxylic acids is 1. The van der Waals surface area contributed by atoms with Crippen molar-refractivity contribution < 1.29 is 9.90 Å². The van der Waals surface area contributed by atoms with Gasteiger partial charge in [-0.2, -0.15) is 5.10 Å². The van der Waals surface area contributed by atoms with Crippen molar-refractivity contribution in [2.24, 2.45) is 0 Å². The summed E-state index contributed by atoms with van der Waals surface area (Å²) in [5, 5.41) is 26.2. The van der Waals surface area contributed by atoms with Gasteiger partial charge in [0, 0.05) is 19.2 Å². The van der Waals surface area contributed by atoms with Crippen LogP contribution in [-0.2, 0) is 11.3 Å². The van der Waals surface area contributed by atoms with E-state index in [1.54, 1.807) is 17.1 Å². The summed E-state index contributed by atoms with van der Waals surface area (Å²) in [5.41, 5.74) is 0.778. The van der Waals surface area contributed by atoms with Crippen LogP contribution in [0.25, 0.3) is 11.4 Å². The molecule has 0 unspecified atom stereocenters. The third-order valence-corrected chi connectivity index (χ3v) is 2.05. The van der Waals surface area contributed by atoms with E-state index in [-0.39, 0.29) is 6.42 Å². The molecule has 0 saturated carbocycles. The number of aromatic amines is 1. The number of hydrogen-bond acceptors (Lipinski definition) is 5. The van der Waals surface area contributed by atoms with Gasteiger partial charge in [-0.05, 0) is 16.8 Å². The lowest BCUT2D eigenvalue weighted by Gasteiger charge is -2.00. The average Bonchev–Trinajstić information content (AvgIpc) is 2.84. The maximum Gasteiger partial charge on any atom is 0.303 e. The van der Waals surface area contributed by atoms with Gasteiger partial charge in [0.2, 0.25) is 0 Å². The number of hydrogen-bond donors (Lipinski definition) is 2. The first-order chi connectivity index (χ1) is 7.77. The Hall–Kier alpha value is -2.25. The zero-order valence-electron chi connectivity index (χ0n) is 8.37. The number of carboxylic acid groups (broad SMARTS) is 1.